The van der Waals surface area contributed by atoms with Crippen molar-refractivity contribution in [1.29, 1.82) is 0 Å². The second-order valence-corrected chi connectivity index (χ2v) is 6.52. The van der Waals surface area contributed by atoms with E-state index in [1.54, 1.807) is 47.5 Å². The number of carbonyl (C=O) groups excluding carboxylic acids is 1. The Morgan fingerprint density at radius 3 is 2.93 bits per heavy atom. The number of unbranched alkanes of at least 4 members (excludes halogenated alkanes) is 1. The van der Waals surface area contributed by atoms with E-state index in [2.05, 4.69) is 15.4 Å². The van der Waals surface area contributed by atoms with E-state index in [4.69, 9.17) is 16.3 Å². The zero-order chi connectivity index (χ0) is 19.8. The third-order valence-electron chi connectivity index (χ3n) is 3.95. The number of anilines is 1. The molecule has 0 bridgehead atoms. The van der Waals surface area contributed by atoms with Crippen LogP contribution in [0.25, 0.3) is 0 Å². The van der Waals surface area contributed by atoms with E-state index >= 15 is 0 Å². The molecule has 0 spiro atoms. The molecule has 8 heteroatoms. The molecule has 1 aromatic carbocycles. The number of nitrogens with one attached hydrogen (secondary N) is 1. The van der Waals surface area contributed by atoms with Gasteiger partial charge < -0.3 is 10.1 Å². The first-order valence-electron chi connectivity index (χ1n) is 8.88. The Bertz CT molecular complexity index is 932. The summed E-state index contributed by atoms with van der Waals surface area (Å²) in [6, 6.07) is 10.6. The molecule has 1 amide bonds. The van der Waals surface area contributed by atoms with Crippen LogP contribution in [0.15, 0.2) is 55.0 Å². The molecule has 0 aliphatic carbocycles. The maximum absolute atomic E-state index is 12.4. The largest absolute Gasteiger partial charge is 0.487 e. The first-order chi connectivity index (χ1) is 13.7. The molecule has 1 N–H and O–H groups in total. The quantitative estimate of drug-likeness (QED) is 0.534. The number of halogens is 2. The van der Waals surface area contributed by atoms with Crippen molar-refractivity contribution in [1.82, 2.24) is 14.8 Å². The van der Waals surface area contributed by atoms with Crippen molar-refractivity contribution in [2.24, 2.45) is 0 Å². The van der Waals surface area contributed by atoms with Gasteiger partial charge in [0.05, 0.1) is 23.6 Å². The fraction of sp³-hybridized carbons (Fsp3) is 0.250. The summed E-state index contributed by atoms with van der Waals surface area (Å²) >= 11 is 6.08. The van der Waals surface area contributed by atoms with Crippen LogP contribution < -0.4 is 10.1 Å². The number of hydrogen-bond donors (Lipinski definition) is 1. The minimum Gasteiger partial charge on any atom is -0.487 e. The van der Waals surface area contributed by atoms with E-state index in [0.717, 1.165) is 5.56 Å². The third kappa shape index (κ3) is 5.53. The number of rotatable bonds is 9. The van der Waals surface area contributed by atoms with Gasteiger partial charge in [0.15, 0.2) is 0 Å². The average Bonchev–Trinajstić information content (AvgIpc) is 3.15. The molecule has 0 unspecified atom stereocenters. The lowest BCUT2D eigenvalue weighted by atomic mass is 10.2. The molecule has 6 nitrogen and oxygen atoms in total. The van der Waals surface area contributed by atoms with Crippen molar-refractivity contribution in [3.63, 3.8) is 0 Å². The zero-order valence-electron chi connectivity index (χ0n) is 15.1. The minimum atomic E-state index is -0.345. The maximum atomic E-state index is 12.4. The maximum Gasteiger partial charge on any atom is 0.274 e. The van der Waals surface area contributed by atoms with Gasteiger partial charge in [-0.15, -0.1) is 0 Å². The van der Waals surface area contributed by atoms with Crippen LogP contribution in [0.4, 0.5) is 10.1 Å². The van der Waals surface area contributed by atoms with Crippen molar-refractivity contribution >= 4 is 23.2 Å². The molecule has 0 aliphatic rings. The van der Waals surface area contributed by atoms with Gasteiger partial charge in [0, 0.05) is 18.9 Å². The van der Waals surface area contributed by atoms with E-state index in [0.29, 0.717) is 35.8 Å². The van der Waals surface area contributed by atoms with Crippen molar-refractivity contribution < 1.29 is 13.9 Å². The van der Waals surface area contributed by atoms with Gasteiger partial charge >= 0.3 is 0 Å². The highest BCUT2D eigenvalue weighted by atomic mass is 35.5. The second kappa shape index (κ2) is 9.85. The number of ether oxygens (including phenoxy) is 1. The van der Waals surface area contributed by atoms with Gasteiger partial charge in [-0.1, -0.05) is 23.7 Å². The first kappa shape index (κ1) is 19.8. The van der Waals surface area contributed by atoms with Crippen LogP contribution in [-0.4, -0.2) is 27.3 Å². The molecule has 0 atom stereocenters. The highest BCUT2D eigenvalue weighted by molar-refractivity contribution is 6.32. The molecule has 0 saturated carbocycles. The Morgan fingerprint density at radius 1 is 1.25 bits per heavy atom. The summed E-state index contributed by atoms with van der Waals surface area (Å²) in [4.78, 5) is 16.6. The number of aryl methyl sites for hydroxylation is 1. The van der Waals surface area contributed by atoms with Crippen molar-refractivity contribution in [2.45, 2.75) is 26.0 Å². The molecule has 3 aromatic rings. The van der Waals surface area contributed by atoms with Crippen LogP contribution in [0, 0.1) is 0 Å². The number of amides is 1. The lowest BCUT2D eigenvalue weighted by Gasteiger charge is -2.08. The topological polar surface area (TPSA) is 69.0 Å². The van der Waals surface area contributed by atoms with Crippen molar-refractivity contribution in [2.75, 3.05) is 12.0 Å². The van der Waals surface area contributed by atoms with Gasteiger partial charge in [-0.3, -0.25) is 18.9 Å². The summed E-state index contributed by atoms with van der Waals surface area (Å²) < 4.78 is 19.5. The van der Waals surface area contributed by atoms with Gasteiger partial charge in [0.1, 0.15) is 18.1 Å². The number of aromatic nitrogens is 3. The molecule has 2 aromatic heterocycles. The molecule has 0 aliphatic heterocycles. The van der Waals surface area contributed by atoms with Crippen molar-refractivity contribution in [3.05, 3.63) is 71.3 Å². The summed E-state index contributed by atoms with van der Waals surface area (Å²) in [5.74, 6) is 0.232. The van der Waals surface area contributed by atoms with Crippen molar-refractivity contribution in [3.8, 4) is 5.75 Å². The predicted molar refractivity (Wildman–Crippen MR) is 105 cm³/mol. The lowest BCUT2D eigenvalue weighted by Crippen LogP contribution is -2.14. The molecule has 0 fully saturated rings. The number of nitrogens with zero attached hydrogens (tertiary/aromatic N) is 3. The van der Waals surface area contributed by atoms with Crippen LogP contribution in [0.2, 0.25) is 5.02 Å². The Balaban J connectivity index is 1.58. The first-order valence-corrected chi connectivity index (χ1v) is 9.25. The Kier molecular flexibility index (Phi) is 6.97. The van der Waals surface area contributed by atoms with Crippen LogP contribution in [-0.2, 0) is 13.2 Å². The number of pyridine rings is 1. The van der Waals surface area contributed by atoms with Crippen LogP contribution >= 0.6 is 11.6 Å². The number of hydrogen-bond acceptors (Lipinski definition) is 4. The van der Waals surface area contributed by atoms with Gasteiger partial charge in [0.25, 0.3) is 5.91 Å². The van der Waals surface area contributed by atoms with E-state index in [1.165, 1.54) is 0 Å². The normalized spacial score (nSPS) is 10.6. The second-order valence-electron chi connectivity index (χ2n) is 6.11. The standard InChI is InChI=1S/C20H20ClFN4O2/c21-17-5-1-2-6-19(17)28-14-15-7-9-23-18(11-15)20(27)25-16-12-24-26(13-16)10-4-3-8-22/h1-2,5-7,9,11-13H,3-4,8,10,14H2,(H,25,27). The Labute approximate surface area is 167 Å². The van der Waals surface area contributed by atoms with Crippen LogP contribution in [0.5, 0.6) is 5.75 Å². The summed E-state index contributed by atoms with van der Waals surface area (Å²) in [6.45, 7) is 0.527. The molecule has 0 radical (unpaired) electrons. The van der Waals surface area contributed by atoms with Gasteiger partial charge in [-0.2, -0.15) is 5.10 Å². The summed E-state index contributed by atoms with van der Waals surface area (Å²) in [5.41, 5.74) is 1.62. The van der Waals surface area contributed by atoms with Crippen LogP contribution in [0.3, 0.4) is 0 Å². The predicted octanol–water partition coefficient (Wildman–Crippen LogP) is 4.51. The highest BCUT2D eigenvalue weighted by Gasteiger charge is 2.10. The lowest BCUT2D eigenvalue weighted by molar-refractivity contribution is 0.102. The summed E-state index contributed by atoms with van der Waals surface area (Å²) in [7, 11) is 0. The fourth-order valence-electron chi connectivity index (χ4n) is 2.52. The number of para-hydroxylation sites is 1. The molecular weight excluding hydrogens is 383 g/mol. The van der Waals surface area contributed by atoms with E-state index in [9.17, 15) is 9.18 Å². The van der Waals surface area contributed by atoms with E-state index < -0.39 is 0 Å². The van der Waals surface area contributed by atoms with Gasteiger partial charge in [0.2, 0.25) is 0 Å². The number of carbonyl (C=O) groups is 1. The monoisotopic (exact) mass is 402 g/mol. The van der Waals surface area contributed by atoms with E-state index in [1.807, 2.05) is 12.1 Å². The zero-order valence-corrected chi connectivity index (χ0v) is 15.9. The smallest absolute Gasteiger partial charge is 0.274 e. The van der Waals surface area contributed by atoms with E-state index in [-0.39, 0.29) is 24.9 Å². The average molecular weight is 403 g/mol. The summed E-state index contributed by atoms with van der Waals surface area (Å²) in [5, 5.41) is 7.43. The van der Waals surface area contributed by atoms with Gasteiger partial charge in [-0.25, -0.2) is 0 Å². The highest BCUT2D eigenvalue weighted by Crippen LogP contribution is 2.24. The molecule has 146 valence electrons. The molecular formula is C20H20ClFN4O2. The molecule has 2 heterocycles. The molecule has 28 heavy (non-hydrogen) atoms. The molecule has 0 saturated heterocycles. The summed E-state index contributed by atoms with van der Waals surface area (Å²) in [6.07, 6.45) is 6.01. The fourth-order valence-corrected chi connectivity index (χ4v) is 2.72. The number of benzene rings is 1. The Hall–Kier alpha value is -2.93. The van der Waals surface area contributed by atoms with Gasteiger partial charge in [-0.05, 0) is 42.7 Å². The SMILES string of the molecule is O=C(Nc1cnn(CCCCF)c1)c1cc(COc2ccccc2Cl)ccn1. The third-order valence-corrected chi connectivity index (χ3v) is 4.26. The molecule has 3 rings (SSSR count). The Morgan fingerprint density at radius 2 is 2.11 bits per heavy atom. The van der Waals surface area contributed by atoms with Crippen LogP contribution in [0.1, 0.15) is 28.9 Å². The number of alkyl halides is 1. The minimum absolute atomic E-state index is 0.263.